The SMILES string of the molecule is Cc1nc2ccccc2n1CC(=O)NC1C2CN(c3ccc(F)cc3F)CC21. The smallest absolute Gasteiger partial charge is 0.240 e. The lowest BCUT2D eigenvalue weighted by Crippen LogP contribution is -2.36. The van der Waals surface area contributed by atoms with Gasteiger partial charge in [-0.1, -0.05) is 12.1 Å². The number of para-hydroxylation sites is 2. The monoisotopic (exact) mass is 382 g/mol. The highest BCUT2D eigenvalue weighted by Crippen LogP contribution is 2.47. The van der Waals surface area contributed by atoms with Gasteiger partial charge in [-0.05, 0) is 31.2 Å². The van der Waals surface area contributed by atoms with E-state index in [-0.39, 0.29) is 18.5 Å². The van der Waals surface area contributed by atoms with Crippen LogP contribution in [-0.4, -0.2) is 34.6 Å². The van der Waals surface area contributed by atoms with Gasteiger partial charge in [0.25, 0.3) is 0 Å². The van der Waals surface area contributed by atoms with Crippen LogP contribution in [0.3, 0.4) is 0 Å². The summed E-state index contributed by atoms with van der Waals surface area (Å²) >= 11 is 0. The molecule has 3 aromatic rings. The van der Waals surface area contributed by atoms with Crippen LogP contribution in [0.1, 0.15) is 5.82 Å². The molecule has 0 bridgehead atoms. The Morgan fingerprint density at radius 1 is 1.18 bits per heavy atom. The fourth-order valence-corrected chi connectivity index (χ4v) is 4.45. The summed E-state index contributed by atoms with van der Waals surface area (Å²) in [5, 5.41) is 3.11. The maximum atomic E-state index is 14.0. The van der Waals surface area contributed by atoms with Crippen molar-refractivity contribution in [1.82, 2.24) is 14.9 Å². The van der Waals surface area contributed by atoms with Gasteiger partial charge >= 0.3 is 0 Å². The number of rotatable bonds is 4. The molecule has 144 valence electrons. The maximum Gasteiger partial charge on any atom is 0.240 e. The third-order valence-corrected chi connectivity index (χ3v) is 5.92. The molecule has 2 aliphatic rings. The Hall–Kier alpha value is -2.96. The third kappa shape index (κ3) is 2.82. The average Bonchev–Trinajstić information content (AvgIpc) is 3.00. The second-order valence-corrected chi connectivity index (χ2v) is 7.66. The van der Waals surface area contributed by atoms with Crippen molar-refractivity contribution >= 4 is 22.6 Å². The summed E-state index contributed by atoms with van der Waals surface area (Å²) in [7, 11) is 0. The molecule has 2 fully saturated rings. The Kier molecular flexibility index (Phi) is 3.86. The molecule has 1 saturated carbocycles. The Morgan fingerprint density at radius 2 is 1.93 bits per heavy atom. The molecule has 7 heteroatoms. The molecular weight excluding hydrogens is 362 g/mol. The quantitative estimate of drug-likeness (QED) is 0.755. The number of aryl methyl sites for hydroxylation is 1. The molecule has 2 heterocycles. The number of amides is 1. The van der Waals surface area contributed by atoms with E-state index >= 15 is 0 Å². The fourth-order valence-electron chi connectivity index (χ4n) is 4.45. The number of anilines is 1. The molecule has 1 aliphatic heterocycles. The van der Waals surface area contributed by atoms with E-state index in [2.05, 4.69) is 10.3 Å². The molecule has 2 atom stereocenters. The van der Waals surface area contributed by atoms with Gasteiger partial charge in [-0.25, -0.2) is 13.8 Å². The van der Waals surface area contributed by atoms with Crippen LogP contribution in [0.2, 0.25) is 0 Å². The number of fused-ring (bicyclic) bond motifs is 2. The number of hydrogen-bond donors (Lipinski definition) is 1. The van der Waals surface area contributed by atoms with Gasteiger partial charge in [0, 0.05) is 37.0 Å². The predicted octanol–water partition coefficient (Wildman–Crippen LogP) is 2.87. The second kappa shape index (κ2) is 6.29. The van der Waals surface area contributed by atoms with E-state index in [0.29, 0.717) is 30.6 Å². The molecule has 1 amide bonds. The van der Waals surface area contributed by atoms with Crippen molar-refractivity contribution in [2.45, 2.75) is 19.5 Å². The summed E-state index contributed by atoms with van der Waals surface area (Å²) in [5.41, 5.74) is 2.26. The van der Waals surface area contributed by atoms with Gasteiger partial charge < -0.3 is 14.8 Å². The van der Waals surface area contributed by atoms with E-state index in [0.717, 1.165) is 22.9 Å². The Balaban J connectivity index is 1.21. The van der Waals surface area contributed by atoms with Crippen molar-refractivity contribution in [1.29, 1.82) is 0 Å². The van der Waals surface area contributed by atoms with Crippen LogP contribution in [0.4, 0.5) is 14.5 Å². The van der Waals surface area contributed by atoms with Crippen LogP contribution in [-0.2, 0) is 11.3 Å². The van der Waals surface area contributed by atoms with Crippen molar-refractivity contribution in [2.75, 3.05) is 18.0 Å². The second-order valence-electron chi connectivity index (χ2n) is 7.66. The summed E-state index contributed by atoms with van der Waals surface area (Å²) < 4.78 is 29.0. The van der Waals surface area contributed by atoms with E-state index < -0.39 is 11.6 Å². The molecule has 1 aromatic heterocycles. The molecule has 1 N–H and O–H groups in total. The van der Waals surface area contributed by atoms with Crippen LogP contribution in [0.25, 0.3) is 11.0 Å². The zero-order chi connectivity index (χ0) is 19.4. The van der Waals surface area contributed by atoms with Gasteiger partial charge in [-0.15, -0.1) is 0 Å². The number of hydrogen-bond acceptors (Lipinski definition) is 3. The molecular formula is C21H20F2N4O. The summed E-state index contributed by atoms with van der Waals surface area (Å²) in [6.07, 6.45) is 0. The Bertz CT molecular complexity index is 1070. The lowest BCUT2D eigenvalue weighted by molar-refractivity contribution is -0.121. The summed E-state index contributed by atoms with van der Waals surface area (Å²) in [5.74, 6) is 0.293. The summed E-state index contributed by atoms with van der Waals surface area (Å²) in [6, 6.07) is 11.6. The Morgan fingerprint density at radius 3 is 2.68 bits per heavy atom. The standard InChI is InChI=1S/C21H20F2N4O/c1-12-24-17-4-2-3-5-19(17)27(12)11-20(28)25-21-14-9-26(10-15(14)21)18-7-6-13(22)8-16(18)23/h2-8,14-15,21H,9-11H2,1H3,(H,25,28). The average molecular weight is 382 g/mol. The minimum atomic E-state index is -0.571. The highest BCUT2D eigenvalue weighted by Gasteiger charge is 2.56. The van der Waals surface area contributed by atoms with Gasteiger partial charge in [0.1, 0.15) is 24.0 Å². The van der Waals surface area contributed by atoms with Gasteiger partial charge in [0.05, 0.1) is 16.7 Å². The number of halogens is 2. The highest BCUT2D eigenvalue weighted by molar-refractivity contribution is 5.81. The van der Waals surface area contributed by atoms with E-state index in [1.807, 2.05) is 40.7 Å². The van der Waals surface area contributed by atoms with Crippen molar-refractivity contribution in [3.8, 4) is 0 Å². The lowest BCUT2D eigenvalue weighted by Gasteiger charge is -2.23. The van der Waals surface area contributed by atoms with Gasteiger partial charge in [-0.2, -0.15) is 0 Å². The van der Waals surface area contributed by atoms with E-state index in [1.54, 1.807) is 0 Å². The first-order valence-electron chi connectivity index (χ1n) is 9.42. The predicted molar refractivity (Wildman–Crippen MR) is 102 cm³/mol. The number of piperidine rings is 1. The Labute approximate surface area is 161 Å². The van der Waals surface area contributed by atoms with Crippen LogP contribution >= 0.6 is 0 Å². The molecule has 0 spiro atoms. The van der Waals surface area contributed by atoms with Crippen molar-refractivity contribution in [3.63, 3.8) is 0 Å². The molecule has 5 rings (SSSR count). The normalized spacial score (nSPS) is 23.1. The highest BCUT2D eigenvalue weighted by atomic mass is 19.1. The minimum absolute atomic E-state index is 0.0369. The topological polar surface area (TPSA) is 50.2 Å². The minimum Gasteiger partial charge on any atom is -0.368 e. The molecule has 2 aromatic carbocycles. The van der Waals surface area contributed by atoms with Crippen LogP contribution in [0.5, 0.6) is 0 Å². The number of benzene rings is 2. The first-order valence-corrected chi connectivity index (χ1v) is 9.42. The number of carbonyl (C=O) groups is 1. The first kappa shape index (κ1) is 17.2. The summed E-state index contributed by atoms with van der Waals surface area (Å²) in [4.78, 5) is 19.0. The van der Waals surface area contributed by atoms with Crippen LogP contribution in [0, 0.1) is 30.4 Å². The summed E-state index contributed by atoms with van der Waals surface area (Å²) in [6.45, 7) is 3.48. The van der Waals surface area contributed by atoms with E-state index in [4.69, 9.17) is 0 Å². The molecule has 0 radical (unpaired) electrons. The maximum absolute atomic E-state index is 14.0. The number of carbonyl (C=O) groups excluding carboxylic acids is 1. The van der Waals surface area contributed by atoms with Crippen LogP contribution < -0.4 is 10.2 Å². The number of imidazole rings is 1. The number of nitrogens with zero attached hydrogens (tertiary/aromatic N) is 3. The molecule has 1 saturated heterocycles. The fraction of sp³-hybridized carbons (Fsp3) is 0.333. The van der Waals surface area contributed by atoms with Gasteiger partial charge in [0.15, 0.2) is 0 Å². The van der Waals surface area contributed by atoms with Crippen molar-refractivity contribution in [2.24, 2.45) is 11.8 Å². The number of nitrogens with one attached hydrogen (secondary N) is 1. The molecule has 2 unspecified atom stereocenters. The van der Waals surface area contributed by atoms with E-state index in [9.17, 15) is 13.6 Å². The van der Waals surface area contributed by atoms with Crippen LogP contribution in [0.15, 0.2) is 42.5 Å². The van der Waals surface area contributed by atoms with E-state index in [1.165, 1.54) is 12.1 Å². The van der Waals surface area contributed by atoms with Gasteiger partial charge in [0.2, 0.25) is 5.91 Å². The lowest BCUT2D eigenvalue weighted by atomic mass is 10.2. The van der Waals surface area contributed by atoms with Crippen molar-refractivity contribution in [3.05, 3.63) is 59.9 Å². The first-order chi connectivity index (χ1) is 13.5. The van der Waals surface area contributed by atoms with Crippen molar-refractivity contribution < 1.29 is 13.6 Å². The zero-order valence-corrected chi connectivity index (χ0v) is 15.4. The molecule has 28 heavy (non-hydrogen) atoms. The largest absolute Gasteiger partial charge is 0.368 e. The van der Waals surface area contributed by atoms with Gasteiger partial charge in [-0.3, -0.25) is 4.79 Å². The molecule has 5 nitrogen and oxygen atoms in total. The number of aromatic nitrogens is 2. The third-order valence-electron chi connectivity index (χ3n) is 5.92. The zero-order valence-electron chi connectivity index (χ0n) is 15.4. The molecule has 1 aliphatic carbocycles.